The minimum Gasteiger partial charge on any atom is -0.479 e. The Labute approximate surface area is 124 Å². The molecule has 0 aliphatic carbocycles. The van der Waals surface area contributed by atoms with Gasteiger partial charge in [0.05, 0.1) is 11.5 Å². The van der Waals surface area contributed by atoms with E-state index in [4.69, 9.17) is 16.7 Å². The molecule has 0 bridgehead atoms. The van der Waals surface area contributed by atoms with Crippen LogP contribution in [-0.2, 0) is 9.53 Å². The first-order valence-electron chi connectivity index (χ1n) is 5.59. The second-order valence-corrected chi connectivity index (χ2v) is 4.23. The lowest BCUT2D eigenvalue weighted by atomic mass is 10.3. The van der Waals surface area contributed by atoms with Crippen molar-refractivity contribution in [1.82, 2.24) is 5.32 Å². The Hall–Kier alpha value is -2.39. The predicted molar refractivity (Wildman–Crippen MR) is 73.6 cm³/mol. The highest BCUT2D eigenvalue weighted by atomic mass is 35.5. The zero-order valence-corrected chi connectivity index (χ0v) is 11.6. The Morgan fingerprint density at radius 3 is 2.71 bits per heavy atom. The molecule has 2 amide bonds. The maximum absolute atomic E-state index is 11.5. The number of halogens is 1. The van der Waals surface area contributed by atoms with E-state index in [0.717, 1.165) is 6.07 Å². The zero-order chi connectivity index (χ0) is 16.0. The monoisotopic (exact) mass is 317 g/mol. The van der Waals surface area contributed by atoms with Gasteiger partial charge in [-0.25, -0.2) is 9.59 Å². The van der Waals surface area contributed by atoms with E-state index >= 15 is 0 Å². The van der Waals surface area contributed by atoms with E-state index < -0.39 is 23.0 Å². The number of nitrogens with zero attached hydrogens (tertiary/aromatic N) is 1. The van der Waals surface area contributed by atoms with E-state index in [1.165, 1.54) is 19.2 Å². The fourth-order valence-electron chi connectivity index (χ4n) is 1.36. The molecule has 0 saturated heterocycles. The second kappa shape index (κ2) is 7.41. The van der Waals surface area contributed by atoms with Crippen LogP contribution >= 0.6 is 11.6 Å². The molecule has 0 radical (unpaired) electrons. The van der Waals surface area contributed by atoms with Crippen LogP contribution in [0.25, 0.3) is 0 Å². The van der Waals surface area contributed by atoms with Gasteiger partial charge in [-0.1, -0.05) is 11.6 Å². The molecular formula is C11H12ClN3O6. The topological polar surface area (TPSA) is 131 Å². The van der Waals surface area contributed by atoms with Crippen molar-refractivity contribution in [2.24, 2.45) is 0 Å². The number of rotatable bonds is 6. The van der Waals surface area contributed by atoms with Crippen LogP contribution in [0.5, 0.6) is 0 Å². The van der Waals surface area contributed by atoms with Crippen molar-refractivity contribution >= 4 is 35.0 Å². The quantitative estimate of drug-likeness (QED) is 0.538. The lowest BCUT2D eigenvalue weighted by molar-refractivity contribution is -0.384. The molecule has 10 heteroatoms. The summed E-state index contributed by atoms with van der Waals surface area (Å²) in [5, 5.41) is 23.9. The standard InChI is InChI=1S/C11H12ClN3O6/c1-21-9(10(16)17)5-13-11(18)14-6-2-3-7(12)8(4-6)15(19)20/h2-4,9H,5H2,1H3,(H,16,17)(H2,13,14,18). The van der Waals surface area contributed by atoms with Crippen LogP contribution in [0, 0.1) is 10.1 Å². The summed E-state index contributed by atoms with van der Waals surface area (Å²) in [7, 11) is 1.20. The molecule has 1 atom stereocenters. The number of carbonyl (C=O) groups is 2. The van der Waals surface area contributed by atoms with Gasteiger partial charge in [0.2, 0.25) is 0 Å². The highest BCUT2D eigenvalue weighted by Gasteiger charge is 2.18. The number of benzene rings is 1. The fourth-order valence-corrected chi connectivity index (χ4v) is 1.55. The number of hydrogen-bond donors (Lipinski definition) is 3. The third-order valence-corrected chi connectivity index (χ3v) is 2.73. The van der Waals surface area contributed by atoms with Crippen molar-refractivity contribution in [1.29, 1.82) is 0 Å². The molecule has 0 aliphatic rings. The number of carbonyl (C=O) groups excluding carboxylic acids is 1. The number of urea groups is 1. The summed E-state index contributed by atoms with van der Waals surface area (Å²) in [6.45, 7) is -0.257. The number of carboxylic acids is 1. The summed E-state index contributed by atoms with van der Waals surface area (Å²) in [5.74, 6) is -1.22. The molecule has 21 heavy (non-hydrogen) atoms. The average Bonchev–Trinajstić information content (AvgIpc) is 2.41. The first-order valence-corrected chi connectivity index (χ1v) is 5.97. The Kier molecular flexibility index (Phi) is 5.88. The number of nitrogens with one attached hydrogen (secondary N) is 2. The normalized spacial score (nSPS) is 11.5. The number of ether oxygens (including phenoxy) is 1. The minimum atomic E-state index is -1.22. The maximum Gasteiger partial charge on any atom is 0.334 e. The van der Waals surface area contributed by atoms with Crippen LogP contribution in [0.15, 0.2) is 18.2 Å². The van der Waals surface area contributed by atoms with Gasteiger partial charge in [-0.15, -0.1) is 0 Å². The van der Waals surface area contributed by atoms with Gasteiger partial charge in [0, 0.05) is 18.9 Å². The third kappa shape index (κ3) is 4.89. The molecule has 0 aliphatic heterocycles. The molecule has 0 fully saturated rings. The molecule has 0 heterocycles. The van der Waals surface area contributed by atoms with E-state index in [1.54, 1.807) is 0 Å². The number of nitro groups is 1. The molecule has 1 aromatic rings. The highest BCUT2D eigenvalue weighted by Crippen LogP contribution is 2.27. The van der Waals surface area contributed by atoms with E-state index in [2.05, 4.69) is 15.4 Å². The number of hydrogen-bond acceptors (Lipinski definition) is 5. The molecule has 3 N–H and O–H groups in total. The molecule has 0 spiro atoms. The van der Waals surface area contributed by atoms with E-state index in [-0.39, 0.29) is 22.9 Å². The van der Waals surface area contributed by atoms with Gasteiger partial charge in [-0.3, -0.25) is 10.1 Å². The Morgan fingerprint density at radius 1 is 1.52 bits per heavy atom. The van der Waals surface area contributed by atoms with Crippen LogP contribution in [0.3, 0.4) is 0 Å². The molecule has 1 rings (SSSR count). The van der Waals surface area contributed by atoms with Crippen molar-refractivity contribution in [3.63, 3.8) is 0 Å². The number of anilines is 1. The largest absolute Gasteiger partial charge is 0.479 e. The number of aliphatic carboxylic acids is 1. The minimum absolute atomic E-state index is 0.0590. The van der Waals surface area contributed by atoms with Crippen LogP contribution in [0.4, 0.5) is 16.2 Å². The van der Waals surface area contributed by atoms with Crippen molar-refractivity contribution in [2.75, 3.05) is 19.0 Å². The maximum atomic E-state index is 11.5. The van der Waals surface area contributed by atoms with Crippen molar-refractivity contribution in [3.8, 4) is 0 Å². The van der Waals surface area contributed by atoms with Gasteiger partial charge in [-0.2, -0.15) is 0 Å². The Balaban J connectivity index is 2.65. The molecule has 0 saturated carbocycles. The SMILES string of the molecule is COC(CNC(=O)Nc1ccc(Cl)c([N+](=O)[O-])c1)C(=O)O. The van der Waals surface area contributed by atoms with Crippen LogP contribution in [0.1, 0.15) is 0 Å². The summed E-state index contributed by atoms with van der Waals surface area (Å²) in [6, 6.07) is 3.01. The summed E-state index contributed by atoms with van der Waals surface area (Å²) in [6.07, 6.45) is -1.18. The molecule has 9 nitrogen and oxygen atoms in total. The van der Waals surface area contributed by atoms with Gasteiger partial charge < -0.3 is 20.5 Å². The number of carboxylic acid groups (broad SMARTS) is 1. The summed E-state index contributed by atoms with van der Waals surface area (Å²) in [4.78, 5) is 32.2. The van der Waals surface area contributed by atoms with E-state index in [1.807, 2.05) is 0 Å². The van der Waals surface area contributed by atoms with Gasteiger partial charge in [0.25, 0.3) is 5.69 Å². The smallest absolute Gasteiger partial charge is 0.334 e. The van der Waals surface area contributed by atoms with Gasteiger partial charge >= 0.3 is 12.0 Å². The summed E-state index contributed by atoms with van der Waals surface area (Å²) < 4.78 is 4.63. The first-order chi connectivity index (χ1) is 9.85. The highest BCUT2D eigenvalue weighted by molar-refractivity contribution is 6.32. The van der Waals surface area contributed by atoms with Crippen molar-refractivity contribution < 1.29 is 24.4 Å². The first kappa shape index (κ1) is 16.7. The molecule has 1 aromatic carbocycles. The Morgan fingerprint density at radius 2 is 2.19 bits per heavy atom. The van der Waals surface area contributed by atoms with E-state index in [0.29, 0.717) is 0 Å². The zero-order valence-electron chi connectivity index (χ0n) is 10.8. The summed E-state index contributed by atoms with van der Waals surface area (Å²) >= 11 is 5.63. The van der Waals surface area contributed by atoms with Gasteiger partial charge in [0.1, 0.15) is 5.02 Å². The van der Waals surface area contributed by atoms with Crippen molar-refractivity contribution in [3.05, 3.63) is 33.3 Å². The van der Waals surface area contributed by atoms with Crippen molar-refractivity contribution in [2.45, 2.75) is 6.10 Å². The molecule has 1 unspecified atom stereocenters. The molecule has 114 valence electrons. The van der Waals surface area contributed by atoms with Crippen LogP contribution < -0.4 is 10.6 Å². The Bertz CT molecular complexity index is 565. The van der Waals surface area contributed by atoms with E-state index in [9.17, 15) is 19.7 Å². The third-order valence-electron chi connectivity index (χ3n) is 2.41. The molecular weight excluding hydrogens is 306 g/mol. The predicted octanol–water partition coefficient (Wildman–Crippen LogP) is 1.47. The summed E-state index contributed by atoms with van der Waals surface area (Å²) in [5.41, 5.74) is -0.206. The van der Waals surface area contributed by atoms with Crippen LogP contribution in [0.2, 0.25) is 5.02 Å². The number of methoxy groups -OCH3 is 1. The molecule has 0 aromatic heterocycles. The lowest BCUT2D eigenvalue weighted by Crippen LogP contribution is -2.39. The number of nitro benzene ring substituents is 1. The van der Waals surface area contributed by atoms with Gasteiger partial charge in [0.15, 0.2) is 6.10 Å². The second-order valence-electron chi connectivity index (χ2n) is 3.82. The average molecular weight is 318 g/mol. The fraction of sp³-hybridized carbons (Fsp3) is 0.273. The van der Waals surface area contributed by atoms with Gasteiger partial charge in [-0.05, 0) is 12.1 Å². The lowest BCUT2D eigenvalue weighted by Gasteiger charge is -2.12. The number of amides is 2. The van der Waals surface area contributed by atoms with Crippen LogP contribution in [-0.4, -0.2) is 41.8 Å².